The van der Waals surface area contributed by atoms with Gasteiger partial charge >= 0.3 is 0 Å². The van der Waals surface area contributed by atoms with E-state index in [2.05, 4.69) is 25.0 Å². The van der Waals surface area contributed by atoms with E-state index in [1.165, 1.54) is 0 Å². The van der Waals surface area contributed by atoms with Gasteiger partial charge in [-0.15, -0.1) is 0 Å². The largest absolute Gasteiger partial charge is 0.377 e. The van der Waals surface area contributed by atoms with Gasteiger partial charge in [0.05, 0.1) is 32.4 Å². The van der Waals surface area contributed by atoms with E-state index in [-0.39, 0.29) is 11.7 Å². The molecule has 0 aromatic carbocycles. The van der Waals surface area contributed by atoms with Gasteiger partial charge in [0.1, 0.15) is 18.3 Å². The maximum Gasteiger partial charge on any atom is 0.225 e. The van der Waals surface area contributed by atoms with E-state index in [9.17, 15) is 0 Å². The number of ether oxygens (including phenoxy) is 2. The molecule has 128 valence electrons. The molecule has 8 nitrogen and oxygen atoms in total. The topological polar surface area (TPSA) is 78.2 Å². The highest BCUT2D eigenvalue weighted by Crippen LogP contribution is 2.34. The van der Waals surface area contributed by atoms with E-state index >= 15 is 0 Å². The average molecular weight is 330 g/mol. The Hall–Kier alpha value is -2.06. The molecule has 2 aliphatic rings. The van der Waals surface area contributed by atoms with Crippen LogP contribution in [0, 0.1) is 6.92 Å². The van der Waals surface area contributed by atoms with Crippen molar-refractivity contribution in [3.05, 3.63) is 30.6 Å². The Balaban J connectivity index is 1.47. The SMILES string of the molecule is Cc1cnc(N2CCOCC3(CCC(Cn4cncn4)O3)C2)nc1. The quantitative estimate of drug-likeness (QED) is 0.825. The van der Waals surface area contributed by atoms with Crippen molar-refractivity contribution < 1.29 is 9.47 Å². The van der Waals surface area contributed by atoms with Crippen molar-refractivity contribution in [3.63, 3.8) is 0 Å². The van der Waals surface area contributed by atoms with E-state index < -0.39 is 0 Å². The summed E-state index contributed by atoms with van der Waals surface area (Å²) >= 11 is 0. The summed E-state index contributed by atoms with van der Waals surface area (Å²) in [5.74, 6) is 0.744. The fourth-order valence-corrected chi connectivity index (χ4v) is 3.41. The van der Waals surface area contributed by atoms with Crippen LogP contribution in [0.2, 0.25) is 0 Å². The summed E-state index contributed by atoms with van der Waals surface area (Å²) in [6.07, 6.45) is 9.07. The lowest BCUT2D eigenvalue weighted by molar-refractivity contribution is -0.0807. The Morgan fingerprint density at radius 1 is 1.33 bits per heavy atom. The number of anilines is 1. The van der Waals surface area contributed by atoms with E-state index in [1.807, 2.05) is 24.0 Å². The molecule has 0 saturated carbocycles. The van der Waals surface area contributed by atoms with Gasteiger partial charge in [-0.3, -0.25) is 4.68 Å². The first-order valence-corrected chi connectivity index (χ1v) is 8.34. The Morgan fingerprint density at radius 3 is 3.00 bits per heavy atom. The molecule has 8 heteroatoms. The van der Waals surface area contributed by atoms with Crippen LogP contribution in [0.25, 0.3) is 0 Å². The van der Waals surface area contributed by atoms with Crippen LogP contribution in [-0.2, 0) is 16.0 Å². The summed E-state index contributed by atoms with van der Waals surface area (Å²) in [5.41, 5.74) is 0.764. The second kappa shape index (κ2) is 6.45. The van der Waals surface area contributed by atoms with Gasteiger partial charge in [-0.2, -0.15) is 5.10 Å². The van der Waals surface area contributed by atoms with Gasteiger partial charge in [0.25, 0.3) is 0 Å². The number of aromatic nitrogens is 5. The van der Waals surface area contributed by atoms with Gasteiger partial charge in [0.2, 0.25) is 5.95 Å². The molecule has 0 N–H and O–H groups in total. The van der Waals surface area contributed by atoms with Gasteiger partial charge in [-0.25, -0.2) is 15.0 Å². The Morgan fingerprint density at radius 2 is 2.21 bits per heavy atom. The van der Waals surface area contributed by atoms with Crippen molar-refractivity contribution >= 4 is 5.95 Å². The van der Waals surface area contributed by atoms with E-state index in [0.717, 1.165) is 44.0 Å². The number of aryl methyl sites for hydroxylation is 1. The van der Waals surface area contributed by atoms with Crippen molar-refractivity contribution in [3.8, 4) is 0 Å². The zero-order chi connectivity index (χ0) is 16.4. The standard InChI is InChI=1S/C16H22N6O2/c1-13-6-18-15(19-7-13)21-4-5-23-10-16(9-21)3-2-14(24-16)8-22-12-17-11-20-22/h6-7,11-12,14H,2-5,8-10H2,1H3. The van der Waals surface area contributed by atoms with Crippen LogP contribution < -0.4 is 4.90 Å². The normalized spacial score (nSPS) is 27.5. The van der Waals surface area contributed by atoms with Crippen LogP contribution in [0.4, 0.5) is 5.95 Å². The van der Waals surface area contributed by atoms with E-state index in [0.29, 0.717) is 13.2 Å². The van der Waals surface area contributed by atoms with Crippen molar-refractivity contribution in [2.45, 2.75) is 38.0 Å². The molecule has 2 atom stereocenters. The third-order valence-electron chi connectivity index (χ3n) is 4.60. The Labute approximate surface area is 140 Å². The molecule has 2 saturated heterocycles. The van der Waals surface area contributed by atoms with Gasteiger partial charge < -0.3 is 14.4 Å². The number of hydrogen-bond acceptors (Lipinski definition) is 7. The predicted molar refractivity (Wildman–Crippen MR) is 86.7 cm³/mol. The molecule has 0 aliphatic carbocycles. The molecule has 0 bridgehead atoms. The Bertz CT molecular complexity index is 662. The number of nitrogens with zero attached hydrogens (tertiary/aromatic N) is 6. The molecule has 2 unspecified atom stereocenters. The van der Waals surface area contributed by atoms with Crippen molar-refractivity contribution in [1.82, 2.24) is 24.7 Å². The van der Waals surface area contributed by atoms with Crippen LogP contribution in [0.15, 0.2) is 25.0 Å². The van der Waals surface area contributed by atoms with Crippen LogP contribution in [0.1, 0.15) is 18.4 Å². The lowest BCUT2D eigenvalue weighted by Gasteiger charge is -2.31. The second-order valence-corrected chi connectivity index (χ2v) is 6.61. The first-order valence-electron chi connectivity index (χ1n) is 8.34. The zero-order valence-corrected chi connectivity index (χ0v) is 13.8. The average Bonchev–Trinajstić information content (AvgIpc) is 3.17. The van der Waals surface area contributed by atoms with Crippen molar-refractivity contribution in [1.29, 1.82) is 0 Å². The molecule has 24 heavy (non-hydrogen) atoms. The lowest BCUT2D eigenvalue weighted by Crippen LogP contribution is -2.45. The first-order chi connectivity index (χ1) is 11.7. The van der Waals surface area contributed by atoms with Crippen LogP contribution in [-0.4, -0.2) is 62.7 Å². The van der Waals surface area contributed by atoms with Crippen LogP contribution in [0.3, 0.4) is 0 Å². The monoisotopic (exact) mass is 330 g/mol. The maximum atomic E-state index is 6.41. The zero-order valence-electron chi connectivity index (χ0n) is 13.8. The van der Waals surface area contributed by atoms with Gasteiger partial charge in [0.15, 0.2) is 0 Å². The molecule has 0 radical (unpaired) electrons. The highest BCUT2D eigenvalue weighted by Gasteiger charge is 2.43. The Kier molecular flexibility index (Phi) is 4.15. The molecular formula is C16H22N6O2. The van der Waals surface area contributed by atoms with Gasteiger partial charge in [-0.1, -0.05) is 0 Å². The number of hydrogen-bond donors (Lipinski definition) is 0. The second-order valence-electron chi connectivity index (χ2n) is 6.61. The van der Waals surface area contributed by atoms with E-state index in [4.69, 9.17) is 9.47 Å². The molecule has 1 spiro atoms. The maximum absolute atomic E-state index is 6.41. The molecule has 0 amide bonds. The minimum atomic E-state index is -0.296. The summed E-state index contributed by atoms with van der Waals surface area (Å²) < 4.78 is 14.1. The number of rotatable bonds is 3. The molecule has 4 rings (SSSR count). The minimum Gasteiger partial charge on any atom is -0.377 e. The molecule has 2 fully saturated rings. The fraction of sp³-hybridized carbons (Fsp3) is 0.625. The minimum absolute atomic E-state index is 0.134. The molecular weight excluding hydrogens is 308 g/mol. The fourth-order valence-electron chi connectivity index (χ4n) is 3.41. The lowest BCUT2D eigenvalue weighted by atomic mass is 10.0. The summed E-state index contributed by atoms with van der Waals surface area (Å²) in [6, 6.07) is 0. The summed E-state index contributed by atoms with van der Waals surface area (Å²) in [7, 11) is 0. The third kappa shape index (κ3) is 3.25. The van der Waals surface area contributed by atoms with Crippen molar-refractivity contribution in [2.24, 2.45) is 0 Å². The third-order valence-corrected chi connectivity index (χ3v) is 4.60. The van der Waals surface area contributed by atoms with Crippen LogP contribution in [0.5, 0.6) is 0 Å². The first kappa shape index (κ1) is 15.5. The van der Waals surface area contributed by atoms with Crippen molar-refractivity contribution in [2.75, 3.05) is 31.2 Å². The summed E-state index contributed by atoms with van der Waals surface area (Å²) in [4.78, 5) is 15.1. The van der Waals surface area contributed by atoms with Gasteiger partial charge in [-0.05, 0) is 25.3 Å². The molecule has 4 heterocycles. The summed E-state index contributed by atoms with van der Waals surface area (Å²) in [6.45, 7) is 5.53. The molecule has 2 aromatic heterocycles. The summed E-state index contributed by atoms with van der Waals surface area (Å²) in [5, 5.41) is 4.17. The van der Waals surface area contributed by atoms with Crippen LogP contribution >= 0.6 is 0 Å². The van der Waals surface area contributed by atoms with E-state index in [1.54, 1.807) is 12.7 Å². The molecule has 2 aliphatic heterocycles. The smallest absolute Gasteiger partial charge is 0.225 e. The molecule has 2 aromatic rings. The van der Waals surface area contributed by atoms with Gasteiger partial charge in [0, 0.05) is 18.9 Å². The highest BCUT2D eigenvalue weighted by molar-refractivity contribution is 5.31. The highest BCUT2D eigenvalue weighted by atomic mass is 16.6. The predicted octanol–water partition coefficient (Wildman–Crippen LogP) is 0.831.